The van der Waals surface area contributed by atoms with Gasteiger partial charge in [-0.1, -0.05) is 18.2 Å². The summed E-state index contributed by atoms with van der Waals surface area (Å²) >= 11 is 0. The van der Waals surface area contributed by atoms with Crippen LogP contribution in [0.1, 0.15) is 1.43 Å². The van der Waals surface area contributed by atoms with Crippen molar-refractivity contribution in [1.82, 2.24) is 4.98 Å². The number of aromatic nitrogens is 1. The fourth-order valence-electron chi connectivity index (χ4n) is 1.09. The van der Waals surface area contributed by atoms with E-state index in [1.807, 2.05) is 18.2 Å². The molecule has 6 heteroatoms. The van der Waals surface area contributed by atoms with Crippen LogP contribution in [-0.4, -0.2) is 26.5 Å². The second-order valence-electron chi connectivity index (χ2n) is 2.63. The third kappa shape index (κ3) is 4.91. The van der Waals surface area contributed by atoms with E-state index in [-0.39, 0.29) is 58.6 Å². The molecule has 0 saturated carbocycles. The number of phenolic OH excluding ortho intramolecular Hbond substituents is 1. The average Bonchev–Trinajstić information content (AvgIpc) is 2.18. The predicted octanol–water partition coefficient (Wildman–Crippen LogP) is -0.721. The van der Waals surface area contributed by atoms with Crippen LogP contribution in [0.4, 0.5) is 4.79 Å². The van der Waals surface area contributed by atoms with E-state index in [1.54, 1.807) is 18.3 Å². The summed E-state index contributed by atoms with van der Waals surface area (Å²) in [6.07, 6.45) is -0.165. The first kappa shape index (κ1) is 15.3. The Bertz CT molecular complexity index is 471. The summed E-state index contributed by atoms with van der Waals surface area (Å²) in [5.74, 6) is 0.239. The van der Waals surface area contributed by atoms with Gasteiger partial charge in [0.05, 0.1) is 0 Å². The molecule has 0 aliphatic rings. The molecule has 0 radical (unpaired) electrons. The Morgan fingerprint density at radius 3 is 2.31 bits per heavy atom. The van der Waals surface area contributed by atoms with Gasteiger partial charge >= 0.3 is 57.5 Å². The normalized spacial score (nSPS) is 8.50. The van der Waals surface area contributed by atoms with Gasteiger partial charge in [-0.3, -0.25) is 4.98 Å². The van der Waals surface area contributed by atoms with Gasteiger partial charge in [0.2, 0.25) is 0 Å². The van der Waals surface area contributed by atoms with Crippen LogP contribution < -0.4 is 51.4 Å². The molecule has 16 heavy (non-hydrogen) atoms. The van der Waals surface area contributed by atoms with Crippen LogP contribution in [0.5, 0.6) is 5.75 Å². The summed E-state index contributed by atoms with van der Waals surface area (Å²) in [4.78, 5) is 12.6. The standard InChI is InChI=1S/C9H7NO.CH2O3.K.H/c11-8-5-1-3-7-4-2-6-10-9(7)8;2-1(3)4;;/h1-6,11H;(H2,2,3,4);;/q;;+1;-1. The molecule has 0 amide bonds. The molecule has 0 saturated heterocycles. The van der Waals surface area contributed by atoms with Crippen molar-refractivity contribution in [2.45, 2.75) is 0 Å². The van der Waals surface area contributed by atoms with Gasteiger partial charge in [-0.25, -0.2) is 4.79 Å². The molecular formula is C10H10KNO4. The minimum absolute atomic E-state index is 0. The van der Waals surface area contributed by atoms with Gasteiger partial charge in [0, 0.05) is 11.6 Å². The zero-order valence-corrected chi connectivity index (χ0v) is 11.8. The quantitative estimate of drug-likeness (QED) is 0.534. The molecule has 3 N–H and O–H groups in total. The van der Waals surface area contributed by atoms with E-state index in [4.69, 9.17) is 15.0 Å². The number of benzene rings is 1. The first-order chi connectivity index (χ1) is 7.11. The van der Waals surface area contributed by atoms with E-state index < -0.39 is 6.16 Å². The summed E-state index contributed by atoms with van der Waals surface area (Å²) in [5.41, 5.74) is 0.662. The Balaban J connectivity index is 0. The van der Waals surface area contributed by atoms with Crippen LogP contribution in [0.2, 0.25) is 0 Å². The van der Waals surface area contributed by atoms with Gasteiger partial charge in [0.1, 0.15) is 11.3 Å². The molecule has 0 aliphatic heterocycles. The first-order valence-electron chi connectivity index (χ1n) is 4.06. The smallest absolute Gasteiger partial charge is 1.00 e. The maximum atomic E-state index is 9.31. The van der Waals surface area contributed by atoms with Crippen molar-refractivity contribution >= 4 is 17.1 Å². The Kier molecular flexibility index (Phi) is 7.27. The number of rotatable bonds is 0. The van der Waals surface area contributed by atoms with Crippen molar-refractivity contribution < 1.29 is 72.9 Å². The van der Waals surface area contributed by atoms with E-state index >= 15 is 0 Å². The number of pyridine rings is 1. The maximum absolute atomic E-state index is 9.31. The van der Waals surface area contributed by atoms with E-state index in [9.17, 15) is 5.11 Å². The molecule has 0 aliphatic carbocycles. The molecule has 1 aromatic heterocycles. The number of aromatic hydroxyl groups is 1. The molecule has 0 bridgehead atoms. The average molecular weight is 247 g/mol. The second-order valence-corrected chi connectivity index (χ2v) is 2.63. The van der Waals surface area contributed by atoms with Crippen molar-refractivity contribution in [1.29, 1.82) is 0 Å². The molecule has 0 spiro atoms. The molecule has 5 nitrogen and oxygen atoms in total. The fraction of sp³-hybridized carbons (Fsp3) is 0. The van der Waals surface area contributed by atoms with E-state index in [0.717, 1.165) is 5.39 Å². The van der Waals surface area contributed by atoms with Crippen LogP contribution in [0, 0.1) is 0 Å². The monoisotopic (exact) mass is 247 g/mol. The van der Waals surface area contributed by atoms with Gasteiger partial charge in [-0.2, -0.15) is 0 Å². The van der Waals surface area contributed by atoms with Gasteiger partial charge in [-0.05, 0) is 12.1 Å². The topological polar surface area (TPSA) is 90.7 Å². The Morgan fingerprint density at radius 2 is 1.75 bits per heavy atom. The van der Waals surface area contributed by atoms with Crippen molar-refractivity contribution in [3.8, 4) is 5.75 Å². The van der Waals surface area contributed by atoms with Gasteiger partial charge in [0.25, 0.3) is 0 Å². The summed E-state index contributed by atoms with van der Waals surface area (Å²) in [5, 5.41) is 24.2. The third-order valence-corrected chi connectivity index (χ3v) is 1.61. The Hall–Kier alpha value is -0.664. The number of carboxylic acid groups (broad SMARTS) is 2. The van der Waals surface area contributed by atoms with E-state index in [1.165, 1.54) is 0 Å². The third-order valence-electron chi connectivity index (χ3n) is 1.61. The van der Waals surface area contributed by atoms with Gasteiger partial charge in [0.15, 0.2) is 0 Å². The van der Waals surface area contributed by atoms with E-state index in [0.29, 0.717) is 5.52 Å². The van der Waals surface area contributed by atoms with Gasteiger partial charge in [-0.15, -0.1) is 0 Å². The van der Waals surface area contributed by atoms with Crippen LogP contribution in [0.25, 0.3) is 10.9 Å². The van der Waals surface area contributed by atoms with Crippen molar-refractivity contribution in [3.05, 3.63) is 36.5 Å². The molecule has 0 unspecified atom stereocenters. The summed E-state index contributed by atoms with van der Waals surface area (Å²) < 4.78 is 0. The Morgan fingerprint density at radius 1 is 1.19 bits per heavy atom. The first-order valence-corrected chi connectivity index (χ1v) is 4.06. The fourth-order valence-corrected chi connectivity index (χ4v) is 1.09. The summed E-state index contributed by atoms with van der Waals surface area (Å²) in [7, 11) is 0. The van der Waals surface area contributed by atoms with Crippen molar-refractivity contribution in [2.24, 2.45) is 0 Å². The molecule has 80 valence electrons. The Labute approximate surface area is 136 Å². The van der Waals surface area contributed by atoms with Crippen molar-refractivity contribution in [3.63, 3.8) is 0 Å². The number of nitrogens with zero attached hydrogens (tertiary/aromatic N) is 1. The number of phenols is 1. The molecular weight excluding hydrogens is 237 g/mol. The maximum Gasteiger partial charge on any atom is 1.00 e. The summed E-state index contributed by atoms with van der Waals surface area (Å²) in [6.45, 7) is 0. The minimum atomic E-state index is -1.83. The molecule has 2 rings (SSSR count). The zero-order chi connectivity index (χ0) is 11.3. The SMILES string of the molecule is O=C(O)O.Oc1cccc2cccnc12.[H-].[K+]. The molecule has 0 atom stereocenters. The van der Waals surface area contributed by atoms with Crippen LogP contribution in [0.3, 0.4) is 0 Å². The second kappa shape index (κ2) is 7.58. The van der Waals surface area contributed by atoms with Crippen LogP contribution in [0.15, 0.2) is 36.5 Å². The summed E-state index contributed by atoms with van der Waals surface area (Å²) in [6, 6.07) is 9.13. The van der Waals surface area contributed by atoms with Crippen molar-refractivity contribution in [2.75, 3.05) is 0 Å². The molecule has 2 aromatic rings. The van der Waals surface area contributed by atoms with E-state index in [2.05, 4.69) is 4.98 Å². The molecule has 0 fully saturated rings. The number of hydrogen-bond donors (Lipinski definition) is 3. The molecule has 1 aromatic carbocycles. The number of fused-ring (bicyclic) bond motifs is 1. The number of hydrogen-bond acceptors (Lipinski definition) is 3. The minimum Gasteiger partial charge on any atom is -1.00 e. The van der Waals surface area contributed by atoms with Gasteiger partial charge < -0.3 is 16.7 Å². The predicted molar refractivity (Wildman–Crippen MR) is 55.2 cm³/mol. The van der Waals surface area contributed by atoms with Crippen LogP contribution in [-0.2, 0) is 0 Å². The number of carbonyl (C=O) groups is 1. The zero-order valence-electron chi connectivity index (χ0n) is 9.66. The number of para-hydroxylation sites is 1. The largest absolute Gasteiger partial charge is 1.00 e. The van der Waals surface area contributed by atoms with Crippen LogP contribution >= 0.6 is 0 Å². The molecule has 1 heterocycles.